The summed E-state index contributed by atoms with van der Waals surface area (Å²) in [5, 5.41) is 5.24. The van der Waals surface area contributed by atoms with Crippen molar-refractivity contribution in [1.29, 1.82) is 0 Å². The van der Waals surface area contributed by atoms with Crippen molar-refractivity contribution in [3.63, 3.8) is 0 Å². The lowest BCUT2D eigenvalue weighted by Gasteiger charge is -2.11. The lowest BCUT2D eigenvalue weighted by Crippen LogP contribution is -1.96. The first-order valence-electron chi connectivity index (χ1n) is 18.6. The smallest absolute Gasteiger partial charge is 0.160 e. The van der Waals surface area contributed by atoms with Crippen LogP contribution < -0.4 is 0 Å². The average Bonchev–Trinajstić information content (AvgIpc) is 3.84. The predicted octanol–water partition coefficient (Wildman–Crippen LogP) is 14.6. The molecule has 11 aromatic rings. The molecule has 0 aliphatic rings. The Morgan fingerprint density at radius 1 is 0.304 bits per heavy atom. The van der Waals surface area contributed by atoms with Gasteiger partial charge in [0.25, 0.3) is 0 Å². The van der Waals surface area contributed by atoms with Gasteiger partial charge in [0.15, 0.2) is 5.82 Å². The molecule has 7 aromatic carbocycles. The normalized spacial score (nSPS) is 11.6. The highest BCUT2D eigenvalue weighted by atomic mass is 32.1. The average molecular weight is 750 g/mol. The number of hydrogen-bond donors (Lipinski definition) is 0. The molecule has 0 aliphatic heterocycles. The Morgan fingerprint density at radius 2 is 0.786 bits per heavy atom. The van der Waals surface area contributed by atoms with Gasteiger partial charge in [0.05, 0.1) is 11.4 Å². The molecule has 0 spiro atoms. The SMILES string of the molecule is c1cncc(-c2ccc(-c3nc(-c4ccc(-c5ccc6c(c5)sc5ccccc56)cc4)cc(-c4ccc(-c5ccc6sc7ccccc7c6c5)cc4)n3)cc2)c1. The van der Waals surface area contributed by atoms with E-state index in [1.165, 1.54) is 62.6 Å². The van der Waals surface area contributed by atoms with Crippen LogP contribution >= 0.6 is 22.7 Å². The van der Waals surface area contributed by atoms with Gasteiger partial charge in [-0.05, 0) is 75.8 Å². The van der Waals surface area contributed by atoms with E-state index in [4.69, 9.17) is 9.97 Å². The predicted molar refractivity (Wildman–Crippen MR) is 238 cm³/mol. The van der Waals surface area contributed by atoms with Gasteiger partial charge >= 0.3 is 0 Å². The van der Waals surface area contributed by atoms with Gasteiger partial charge in [-0.1, -0.05) is 133 Å². The van der Waals surface area contributed by atoms with Crippen LogP contribution in [0, 0.1) is 0 Å². The summed E-state index contributed by atoms with van der Waals surface area (Å²) < 4.78 is 5.26. The number of benzene rings is 7. The first kappa shape index (κ1) is 32.6. The molecule has 0 aliphatic carbocycles. The van der Waals surface area contributed by atoms with Gasteiger partial charge in [-0.3, -0.25) is 4.98 Å². The number of aromatic nitrogens is 3. The molecule has 11 rings (SSSR count). The van der Waals surface area contributed by atoms with Crippen molar-refractivity contribution in [3.05, 3.63) is 188 Å². The molecular formula is C51H31N3S2. The highest BCUT2D eigenvalue weighted by Crippen LogP contribution is 2.39. The van der Waals surface area contributed by atoms with Gasteiger partial charge in [-0.2, -0.15) is 0 Å². The van der Waals surface area contributed by atoms with Gasteiger partial charge in [-0.15, -0.1) is 22.7 Å². The molecule has 5 heteroatoms. The van der Waals surface area contributed by atoms with Crippen molar-refractivity contribution < 1.29 is 0 Å². The molecule has 3 nitrogen and oxygen atoms in total. The quantitative estimate of drug-likeness (QED) is 0.170. The summed E-state index contributed by atoms with van der Waals surface area (Å²) in [4.78, 5) is 14.6. The summed E-state index contributed by atoms with van der Waals surface area (Å²) in [6, 6.07) is 63.0. The number of nitrogens with zero attached hydrogens (tertiary/aromatic N) is 3. The standard InChI is InChI=1S/C51H31N3S2/c1-3-9-47-41(7-1)43-25-23-39(29-50(43)56-47)33-13-19-36(20-14-33)46-30-45(53-51(54-46)37-21-15-34(16-22-37)40-6-5-27-52-31-40)35-17-11-32(12-18-35)38-24-26-49-44(28-38)42-8-2-4-10-48(42)55-49/h1-31H. The van der Waals surface area contributed by atoms with E-state index in [1.807, 2.05) is 34.9 Å². The molecule has 0 bridgehead atoms. The molecule has 0 saturated carbocycles. The fourth-order valence-corrected chi connectivity index (χ4v) is 9.93. The van der Waals surface area contributed by atoms with E-state index >= 15 is 0 Å². The Bertz CT molecular complexity index is 3220. The summed E-state index contributed by atoms with van der Waals surface area (Å²) in [5.41, 5.74) is 11.8. The second kappa shape index (κ2) is 13.5. The molecular weight excluding hydrogens is 719 g/mol. The maximum atomic E-state index is 5.16. The third-order valence-corrected chi connectivity index (χ3v) is 12.9. The molecule has 0 amide bonds. The van der Waals surface area contributed by atoms with Gasteiger partial charge in [0, 0.05) is 69.4 Å². The number of rotatable bonds is 6. The molecule has 4 heterocycles. The Hall–Kier alpha value is -6.79. The van der Waals surface area contributed by atoms with Gasteiger partial charge in [0.1, 0.15) is 0 Å². The third kappa shape index (κ3) is 5.86. The molecule has 0 saturated heterocycles. The lowest BCUT2D eigenvalue weighted by atomic mass is 9.99. The van der Waals surface area contributed by atoms with E-state index in [0.717, 1.165) is 39.2 Å². The molecule has 0 fully saturated rings. The number of fused-ring (bicyclic) bond motifs is 6. The van der Waals surface area contributed by atoms with Crippen LogP contribution in [0.2, 0.25) is 0 Å². The maximum absolute atomic E-state index is 5.16. The van der Waals surface area contributed by atoms with Crippen LogP contribution in [-0.4, -0.2) is 15.0 Å². The number of thiophene rings is 2. The monoisotopic (exact) mass is 749 g/mol. The minimum atomic E-state index is 0.688. The van der Waals surface area contributed by atoms with Crippen LogP contribution in [0.3, 0.4) is 0 Å². The van der Waals surface area contributed by atoms with Gasteiger partial charge < -0.3 is 0 Å². The summed E-state index contributed by atoms with van der Waals surface area (Å²) >= 11 is 3.70. The van der Waals surface area contributed by atoms with Crippen molar-refractivity contribution >= 4 is 63.0 Å². The number of hydrogen-bond acceptors (Lipinski definition) is 5. The third-order valence-electron chi connectivity index (χ3n) is 10.6. The van der Waals surface area contributed by atoms with Gasteiger partial charge in [0.2, 0.25) is 0 Å². The first-order chi connectivity index (χ1) is 27.7. The fourth-order valence-electron chi connectivity index (χ4n) is 7.70. The molecule has 0 atom stereocenters. The topological polar surface area (TPSA) is 38.7 Å². The molecule has 56 heavy (non-hydrogen) atoms. The summed E-state index contributed by atoms with van der Waals surface area (Å²) in [5.74, 6) is 0.688. The van der Waals surface area contributed by atoms with Crippen LogP contribution in [0.15, 0.2) is 188 Å². The zero-order valence-electron chi connectivity index (χ0n) is 30.1. The summed E-state index contributed by atoms with van der Waals surface area (Å²) in [7, 11) is 0. The Morgan fingerprint density at radius 3 is 1.43 bits per heavy atom. The Balaban J connectivity index is 0.962. The molecule has 4 aromatic heterocycles. The zero-order valence-corrected chi connectivity index (χ0v) is 31.7. The highest BCUT2D eigenvalue weighted by Gasteiger charge is 2.14. The van der Waals surface area contributed by atoms with Crippen molar-refractivity contribution in [2.45, 2.75) is 0 Å². The van der Waals surface area contributed by atoms with Crippen molar-refractivity contribution in [2.24, 2.45) is 0 Å². The second-order valence-electron chi connectivity index (χ2n) is 14.1. The summed E-state index contributed by atoms with van der Waals surface area (Å²) in [6.07, 6.45) is 3.69. The van der Waals surface area contributed by atoms with E-state index in [1.54, 1.807) is 6.20 Å². The van der Waals surface area contributed by atoms with E-state index < -0.39 is 0 Å². The van der Waals surface area contributed by atoms with Crippen molar-refractivity contribution in [3.8, 4) is 67.3 Å². The first-order valence-corrected chi connectivity index (χ1v) is 20.3. The largest absolute Gasteiger partial charge is 0.264 e. The van der Waals surface area contributed by atoms with Crippen LogP contribution in [-0.2, 0) is 0 Å². The Kier molecular flexibility index (Phi) is 7.87. The minimum absolute atomic E-state index is 0.688. The van der Waals surface area contributed by atoms with E-state index in [9.17, 15) is 0 Å². The van der Waals surface area contributed by atoms with E-state index in [-0.39, 0.29) is 0 Å². The van der Waals surface area contributed by atoms with Crippen LogP contribution in [0.25, 0.3) is 108 Å². The van der Waals surface area contributed by atoms with E-state index in [2.05, 4.69) is 175 Å². The summed E-state index contributed by atoms with van der Waals surface area (Å²) in [6.45, 7) is 0. The fraction of sp³-hybridized carbons (Fsp3) is 0. The zero-order chi connectivity index (χ0) is 37.0. The van der Waals surface area contributed by atoms with Gasteiger partial charge in [-0.25, -0.2) is 9.97 Å². The van der Waals surface area contributed by atoms with Crippen LogP contribution in [0.5, 0.6) is 0 Å². The molecule has 0 unspecified atom stereocenters. The maximum Gasteiger partial charge on any atom is 0.160 e. The minimum Gasteiger partial charge on any atom is -0.264 e. The molecule has 0 radical (unpaired) electrons. The van der Waals surface area contributed by atoms with Crippen LogP contribution in [0.1, 0.15) is 0 Å². The second-order valence-corrected chi connectivity index (χ2v) is 16.2. The number of pyridine rings is 1. The molecule has 0 N–H and O–H groups in total. The van der Waals surface area contributed by atoms with Crippen LogP contribution in [0.4, 0.5) is 0 Å². The van der Waals surface area contributed by atoms with E-state index in [0.29, 0.717) is 5.82 Å². The van der Waals surface area contributed by atoms with Crippen molar-refractivity contribution in [2.75, 3.05) is 0 Å². The Labute approximate surface area is 331 Å². The highest BCUT2D eigenvalue weighted by molar-refractivity contribution is 7.26. The lowest BCUT2D eigenvalue weighted by molar-refractivity contribution is 1.18. The van der Waals surface area contributed by atoms with Crippen molar-refractivity contribution in [1.82, 2.24) is 15.0 Å². The molecule has 262 valence electrons.